The SMILES string of the molecule is CC=c1ccc(=Cc2ccc(-c3cccs3)[nH]2)[nH]1. The first-order valence-electron chi connectivity index (χ1n) is 5.91. The van der Waals surface area contributed by atoms with E-state index in [2.05, 4.69) is 63.9 Å². The summed E-state index contributed by atoms with van der Waals surface area (Å²) >= 11 is 1.75. The maximum Gasteiger partial charge on any atom is 0.0560 e. The Bertz CT molecular complexity index is 745. The molecule has 0 atom stereocenters. The van der Waals surface area contributed by atoms with Gasteiger partial charge in [0, 0.05) is 16.4 Å². The van der Waals surface area contributed by atoms with Gasteiger partial charge in [-0.25, -0.2) is 0 Å². The summed E-state index contributed by atoms with van der Waals surface area (Å²) in [6, 6.07) is 12.6. The Balaban J connectivity index is 1.97. The van der Waals surface area contributed by atoms with E-state index in [0.717, 1.165) is 16.4 Å². The first-order valence-corrected chi connectivity index (χ1v) is 6.79. The molecule has 0 amide bonds. The summed E-state index contributed by atoms with van der Waals surface area (Å²) in [7, 11) is 0. The Morgan fingerprint density at radius 3 is 2.61 bits per heavy atom. The molecule has 3 heteroatoms. The molecule has 0 saturated heterocycles. The minimum Gasteiger partial charge on any atom is -0.356 e. The van der Waals surface area contributed by atoms with Gasteiger partial charge in [-0.05, 0) is 48.7 Å². The van der Waals surface area contributed by atoms with Crippen LogP contribution in [0.15, 0.2) is 41.8 Å². The smallest absolute Gasteiger partial charge is 0.0560 e. The van der Waals surface area contributed by atoms with Crippen molar-refractivity contribution in [2.75, 3.05) is 0 Å². The number of nitrogens with one attached hydrogen (secondary N) is 2. The van der Waals surface area contributed by atoms with Crippen LogP contribution < -0.4 is 10.7 Å². The van der Waals surface area contributed by atoms with Crippen LogP contribution in [-0.2, 0) is 0 Å². The monoisotopic (exact) mass is 254 g/mol. The molecule has 0 bridgehead atoms. The van der Waals surface area contributed by atoms with Crippen molar-refractivity contribution in [2.45, 2.75) is 6.92 Å². The molecular formula is C15H14N2S. The number of hydrogen-bond acceptors (Lipinski definition) is 1. The lowest BCUT2D eigenvalue weighted by Gasteiger charge is -1.90. The normalized spacial score (nSPS) is 13.4. The Morgan fingerprint density at radius 1 is 1.00 bits per heavy atom. The van der Waals surface area contributed by atoms with Crippen molar-refractivity contribution in [1.29, 1.82) is 0 Å². The molecule has 0 aliphatic rings. The quantitative estimate of drug-likeness (QED) is 0.705. The van der Waals surface area contributed by atoms with Crippen LogP contribution in [0.3, 0.4) is 0 Å². The van der Waals surface area contributed by atoms with Gasteiger partial charge < -0.3 is 9.97 Å². The van der Waals surface area contributed by atoms with Crippen LogP contribution in [-0.4, -0.2) is 9.97 Å². The Hall–Kier alpha value is -2.00. The third kappa shape index (κ3) is 2.17. The Labute approximate surface area is 109 Å². The average Bonchev–Trinajstić information content (AvgIpc) is 3.10. The summed E-state index contributed by atoms with van der Waals surface area (Å²) in [6.45, 7) is 2.03. The molecule has 0 saturated carbocycles. The number of aromatic nitrogens is 2. The molecule has 0 fully saturated rings. The minimum atomic E-state index is 1.11. The molecular weight excluding hydrogens is 240 g/mol. The number of H-pyrrole nitrogens is 2. The zero-order valence-electron chi connectivity index (χ0n) is 10.1. The second-order valence-corrected chi connectivity index (χ2v) is 5.05. The standard InChI is InChI=1S/C15H14N2S/c1-2-11-5-6-12(16-11)10-13-7-8-14(17-13)15-4-3-9-18-15/h2-10,16-17H,1H3. The minimum absolute atomic E-state index is 1.11. The highest BCUT2D eigenvalue weighted by molar-refractivity contribution is 7.13. The molecule has 0 aliphatic carbocycles. The molecule has 0 aromatic carbocycles. The van der Waals surface area contributed by atoms with Crippen molar-refractivity contribution in [3.8, 4) is 10.6 Å². The van der Waals surface area contributed by atoms with Gasteiger partial charge in [-0.15, -0.1) is 11.3 Å². The van der Waals surface area contributed by atoms with E-state index in [9.17, 15) is 0 Å². The summed E-state index contributed by atoms with van der Waals surface area (Å²) in [5.74, 6) is 0. The molecule has 2 N–H and O–H groups in total. The second kappa shape index (κ2) is 4.70. The molecule has 2 nitrogen and oxygen atoms in total. The fourth-order valence-electron chi connectivity index (χ4n) is 1.92. The van der Waals surface area contributed by atoms with E-state index >= 15 is 0 Å². The Kier molecular flexibility index (Phi) is 2.90. The maximum absolute atomic E-state index is 3.42. The summed E-state index contributed by atoms with van der Waals surface area (Å²) in [4.78, 5) is 8.01. The highest BCUT2D eigenvalue weighted by Gasteiger charge is 2.00. The summed E-state index contributed by atoms with van der Waals surface area (Å²) in [5.41, 5.74) is 2.29. The van der Waals surface area contributed by atoms with E-state index in [1.165, 1.54) is 10.6 Å². The van der Waals surface area contributed by atoms with Crippen LogP contribution in [0.1, 0.15) is 12.6 Å². The first kappa shape index (κ1) is 11.1. The molecule has 0 unspecified atom stereocenters. The van der Waals surface area contributed by atoms with Crippen LogP contribution in [0.4, 0.5) is 0 Å². The fraction of sp³-hybridized carbons (Fsp3) is 0.0667. The number of aromatic amines is 2. The summed E-state index contributed by atoms with van der Waals surface area (Å²) in [5, 5.41) is 4.35. The molecule has 0 radical (unpaired) electrons. The summed E-state index contributed by atoms with van der Waals surface area (Å²) < 4.78 is 0. The zero-order valence-corrected chi connectivity index (χ0v) is 10.9. The number of thiophene rings is 1. The topological polar surface area (TPSA) is 31.6 Å². The molecule has 3 heterocycles. The highest BCUT2D eigenvalue weighted by atomic mass is 32.1. The van der Waals surface area contributed by atoms with E-state index in [-0.39, 0.29) is 0 Å². The van der Waals surface area contributed by atoms with Crippen molar-refractivity contribution >= 4 is 23.5 Å². The zero-order chi connectivity index (χ0) is 12.4. The Morgan fingerprint density at radius 2 is 1.89 bits per heavy atom. The molecule has 3 rings (SSSR count). The van der Waals surface area contributed by atoms with Gasteiger partial charge in [0.25, 0.3) is 0 Å². The fourth-order valence-corrected chi connectivity index (χ4v) is 2.63. The molecule has 18 heavy (non-hydrogen) atoms. The highest BCUT2D eigenvalue weighted by Crippen LogP contribution is 2.23. The van der Waals surface area contributed by atoms with E-state index < -0.39 is 0 Å². The molecule has 3 aromatic heterocycles. The molecule has 90 valence electrons. The van der Waals surface area contributed by atoms with Gasteiger partial charge in [0.1, 0.15) is 0 Å². The predicted molar refractivity (Wildman–Crippen MR) is 77.9 cm³/mol. The van der Waals surface area contributed by atoms with Gasteiger partial charge in [0.2, 0.25) is 0 Å². The first-order chi connectivity index (χ1) is 8.85. The molecule has 0 aliphatic heterocycles. The van der Waals surface area contributed by atoms with Crippen molar-refractivity contribution in [2.24, 2.45) is 0 Å². The molecule has 0 spiro atoms. The van der Waals surface area contributed by atoms with Crippen LogP contribution in [0.2, 0.25) is 0 Å². The van der Waals surface area contributed by atoms with E-state index in [0.29, 0.717) is 0 Å². The number of hydrogen-bond donors (Lipinski definition) is 2. The van der Waals surface area contributed by atoms with Gasteiger partial charge in [-0.3, -0.25) is 0 Å². The van der Waals surface area contributed by atoms with Gasteiger partial charge in [-0.2, -0.15) is 0 Å². The lowest BCUT2D eigenvalue weighted by molar-refractivity contribution is 1.26. The second-order valence-electron chi connectivity index (χ2n) is 4.11. The average molecular weight is 254 g/mol. The third-order valence-corrected chi connectivity index (χ3v) is 3.75. The van der Waals surface area contributed by atoms with Crippen LogP contribution in [0.5, 0.6) is 0 Å². The third-order valence-electron chi connectivity index (χ3n) is 2.85. The van der Waals surface area contributed by atoms with Crippen LogP contribution in [0.25, 0.3) is 22.7 Å². The van der Waals surface area contributed by atoms with Crippen LogP contribution in [0, 0.1) is 0 Å². The maximum atomic E-state index is 3.42. The van der Waals surface area contributed by atoms with Crippen LogP contribution >= 0.6 is 11.3 Å². The van der Waals surface area contributed by atoms with E-state index in [1.54, 1.807) is 11.3 Å². The lowest BCUT2D eigenvalue weighted by atomic mass is 10.3. The van der Waals surface area contributed by atoms with Crippen molar-refractivity contribution in [3.63, 3.8) is 0 Å². The molecule has 3 aromatic rings. The summed E-state index contributed by atoms with van der Waals surface area (Å²) in [6.07, 6.45) is 4.17. The van der Waals surface area contributed by atoms with Crippen molar-refractivity contribution in [3.05, 3.63) is 58.2 Å². The van der Waals surface area contributed by atoms with Gasteiger partial charge in [-0.1, -0.05) is 12.1 Å². The van der Waals surface area contributed by atoms with Gasteiger partial charge >= 0.3 is 0 Å². The van der Waals surface area contributed by atoms with Gasteiger partial charge in [0.15, 0.2) is 0 Å². The predicted octanol–water partition coefficient (Wildman–Crippen LogP) is 2.70. The van der Waals surface area contributed by atoms with Crippen molar-refractivity contribution in [1.82, 2.24) is 9.97 Å². The van der Waals surface area contributed by atoms with E-state index in [4.69, 9.17) is 0 Å². The van der Waals surface area contributed by atoms with Gasteiger partial charge in [0.05, 0.1) is 10.6 Å². The lowest BCUT2D eigenvalue weighted by Crippen LogP contribution is -2.08. The number of rotatable bonds is 2. The van der Waals surface area contributed by atoms with Crippen molar-refractivity contribution < 1.29 is 0 Å². The van der Waals surface area contributed by atoms with E-state index in [1.807, 2.05) is 6.92 Å². The largest absolute Gasteiger partial charge is 0.356 e.